The van der Waals surface area contributed by atoms with Crippen LogP contribution in [0.5, 0.6) is 11.5 Å². The summed E-state index contributed by atoms with van der Waals surface area (Å²) < 4.78 is 20.2. The molecule has 0 fully saturated rings. The number of benzene rings is 2. The number of hydrogen-bond acceptors (Lipinski definition) is 3. The van der Waals surface area contributed by atoms with Crippen molar-refractivity contribution in [1.82, 2.24) is 0 Å². The maximum absolute atomic E-state index is 10.3. The maximum atomic E-state index is 10.3. The lowest BCUT2D eigenvalue weighted by atomic mass is 10.1. The van der Waals surface area contributed by atoms with Gasteiger partial charge < -0.3 is 9.26 Å². The zero-order chi connectivity index (χ0) is 20.0. The van der Waals surface area contributed by atoms with Crippen LogP contribution in [-0.2, 0) is 4.57 Å². The largest absolute Gasteiger partial charge is 0.524 e. The molecule has 0 atom stereocenters. The topological polar surface area (TPSA) is 76.0 Å². The van der Waals surface area contributed by atoms with Crippen LogP contribution in [0.4, 0.5) is 0 Å². The SMILES string of the molecule is CCCCCCCCOc1ccc(C)cc1.O=P(O)(O)Oc1ccccc1. The van der Waals surface area contributed by atoms with Crippen LogP contribution in [-0.4, -0.2) is 16.4 Å². The Morgan fingerprint density at radius 1 is 0.815 bits per heavy atom. The third-order valence-corrected chi connectivity index (χ3v) is 4.20. The number of para-hydroxylation sites is 1. The van der Waals surface area contributed by atoms with Crippen molar-refractivity contribution in [3.63, 3.8) is 0 Å². The molecule has 0 aromatic heterocycles. The molecule has 0 saturated heterocycles. The van der Waals surface area contributed by atoms with Crippen molar-refractivity contribution >= 4 is 7.82 Å². The molecule has 6 heteroatoms. The molecule has 0 heterocycles. The highest BCUT2D eigenvalue weighted by atomic mass is 31.2. The fourth-order valence-electron chi connectivity index (χ4n) is 2.33. The lowest BCUT2D eigenvalue weighted by Gasteiger charge is -2.06. The summed E-state index contributed by atoms with van der Waals surface area (Å²) in [5.41, 5.74) is 1.28. The van der Waals surface area contributed by atoms with Gasteiger partial charge in [0, 0.05) is 0 Å². The zero-order valence-electron chi connectivity index (χ0n) is 16.2. The number of rotatable bonds is 10. The van der Waals surface area contributed by atoms with Crippen molar-refractivity contribution < 1.29 is 23.6 Å². The molecule has 0 radical (unpaired) electrons. The van der Waals surface area contributed by atoms with E-state index < -0.39 is 7.82 Å². The minimum Gasteiger partial charge on any atom is -0.494 e. The van der Waals surface area contributed by atoms with E-state index in [-0.39, 0.29) is 5.75 Å². The van der Waals surface area contributed by atoms with Crippen LogP contribution >= 0.6 is 7.82 Å². The maximum Gasteiger partial charge on any atom is 0.524 e. The van der Waals surface area contributed by atoms with E-state index in [2.05, 4.69) is 30.5 Å². The lowest BCUT2D eigenvalue weighted by molar-refractivity contribution is 0.283. The molecule has 0 unspecified atom stereocenters. The molecular weight excluding hydrogens is 363 g/mol. The molecule has 5 nitrogen and oxygen atoms in total. The first-order chi connectivity index (χ1) is 12.9. The van der Waals surface area contributed by atoms with Gasteiger partial charge in [0.1, 0.15) is 11.5 Å². The van der Waals surface area contributed by atoms with E-state index in [1.54, 1.807) is 18.2 Å². The van der Waals surface area contributed by atoms with Gasteiger partial charge in [-0.3, -0.25) is 9.79 Å². The van der Waals surface area contributed by atoms with Crippen LogP contribution in [0.3, 0.4) is 0 Å². The number of phosphoric ester groups is 1. The van der Waals surface area contributed by atoms with Crippen molar-refractivity contribution in [2.75, 3.05) is 6.61 Å². The average Bonchev–Trinajstić information content (AvgIpc) is 2.62. The molecule has 2 N–H and O–H groups in total. The molecule has 150 valence electrons. The fourth-order valence-corrected chi connectivity index (χ4v) is 2.72. The normalized spacial score (nSPS) is 10.7. The smallest absolute Gasteiger partial charge is 0.494 e. The van der Waals surface area contributed by atoms with E-state index in [9.17, 15) is 4.57 Å². The Morgan fingerprint density at radius 3 is 2.00 bits per heavy atom. The van der Waals surface area contributed by atoms with E-state index in [0.717, 1.165) is 12.4 Å². The van der Waals surface area contributed by atoms with E-state index >= 15 is 0 Å². The van der Waals surface area contributed by atoms with Crippen molar-refractivity contribution in [3.8, 4) is 11.5 Å². The predicted molar refractivity (Wildman–Crippen MR) is 109 cm³/mol. The van der Waals surface area contributed by atoms with Crippen LogP contribution in [0.15, 0.2) is 54.6 Å². The second kappa shape index (κ2) is 13.4. The van der Waals surface area contributed by atoms with Gasteiger partial charge in [-0.05, 0) is 37.6 Å². The van der Waals surface area contributed by atoms with Gasteiger partial charge in [-0.15, -0.1) is 0 Å². The summed E-state index contributed by atoms with van der Waals surface area (Å²) in [7, 11) is -4.39. The fraction of sp³-hybridized carbons (Fsp3) is 0.429. The first kappa shape index (κ1) is 23.2. The van der Waals surface area contributed by atoms with Gasteiger partial charge in [0.2, 0.25) is 0 Å². The van der Waals surface area contributed by atoms with E-state index in [1.165, 1.54) is 56.2 Å². The van der Waals surface area contributed by atoms with Crippen molar-refractivity contribution in [2.24, 2.45) is 0 Å². The molecule has 27 heavy (non-hydrogen) atoms. The summed E-state index contributed by atoms with van der Waals surface area (Å²) in [5.74, 6) is 1.17. The highest BCUT2D eigenvalue weighted by Gasteiger charge is 2.14. The minimum atomic E-state index is -4.39. The van der Waals surface area contributed by atoms with E-state index in [0.29, 0.717) is 0 Å². The van der Waals surface area contributed by atoms with Crippen LogP contribution in [0.2, 0.25) is 0 Å². The highest BCUT2D eigenvalue weighted by Crippen LogP contribution is 2.36. The van der Waals surface area contributed by atoms with Gasteiger partial charge in [-0.25, -0.2) is 4.57 Å². The molecule has 0 saturated carbocycles. The van der Waals surface area contributed by atoms with Crippen molar-refractivity contribution in [2.45, 2.75) is 52.4 Å². The number of ether oxygens (including phenoxy) is 1. The van der Waals surface area contributed by atoms with Gasteiger partial charge in [-0.1, -0.05) is 74.9 Å². The molecule has 0 aliphatic rings. The molecule has 0 aliphatic heterocycles. The van der Waals surface area contributed by atoms with Gasteiger partial charge in [0.05, 0.1) is 6.61 Å². The zero-order valence-corrected chi connectivity index (χ0v) is 17.1. The van der Waals surface area contributed by atoms with Crippen LogP contribution in [0.25, 0.3) is 0 Å². The number of aryl methyl sites for hydroxylation is 1. The number of hydrogen-bond donors (Lipinski definition) is 2. The molecule has 0 amide bonds. The highest BCUT2D eigenvalue weighted by molar-refractivity contribution is 7.46. The van der Waals surface area contributed by atoms with Gasteiger partial charge in [-0.2, -0.15) is 0 Å². The van der Waals surface area contributed by atoms with Gasteiger partial charge in [0.15, 0.2) is 0 Å². The summed E-state index contributed by atoms with van der Waals surface area (Å²) in [5, 5.41) is 0. The van der Waals surface area contributed by atoms with Gasteiger partial charge >= 0.3 is 7.82 Å². The first-order valence-electron chi connectivity index (χ1n) is 9.40. The molecule has 0 bridgehead atoms. The third kappa shape index (κ3) is 13.1. The Kier molecular flexibility index (Phi) is 11.5. The molecule has 2 rings (SSSR count). The van der Waals surface area contributed by atoms with Crippen LogP contribution in [0, 0.1) is 6.92 Å². The van der Waals surface area contributed by atoms with E-state index in [1.807, 2.05) is 12.1 Å². The standard InChI is InChI=1S/C15H24O.C6H7O4P/c1-3-4-5-6-7-8-13-16-15-11-9-14(2)10-12-15;7-11(8,9)10-6-4-2-1-3-5-6/h9-12H,3-8,13H2,1-2H3;1-5H,(H2,7,8,9). The van der Waals surface area contributed by atoms with Crippen molar-refractivity contribution in [1.29, 1.82) is 0 Å². The predicted octanol–water partition coefficient (Wildman–Crippen LogP) is 5.89. The van der Waals surface area contributed by atoms with E-state index in [4.69, 9.17) is 14.5 Å². The summed E-state index contributed by atoms with van der Waals surface area (Å²) in [6, 6.07) is 16.2. The summed E-state index contributed by atoms with van der Waals surface area (Å²) in [4.78, 5) is 16.7. The second-order valence-electron chi connectivity index (χ2n) is 6.32. The lowest BCUT2D eigenvalue weighted by Crippen LogP contribution is -1.97. The monoisotopic (exact) mass is 394 g/mol. The Balaban J connectivity index is 0.000000289. The quantitative estimate of drug-likeness (QED) is 0.388. The Hall–Kier alpha value is -1.81. The second-order valence-corrected chi connectivity index (χ2v) is 7.49. The van der Waals surface area contributed by atoms with Gasteiger partial charge in [0.25, 0.3) is 0 Å². The Bertz CT molecular complexity index is 652. The number of phosphoric acid groups is 1. The van der Waals surface area contributed by atoms with Crippen molar-refractivity contribution in [3.05, 3.63) is 60.2 Å². The first-order valence-corrected chi connectivity index (χ1v) is 10.9. The van der Waals surface area contributed by atoms with Crippen LogP contribution < -0.4 is 9.26 Å². The summed E-state index contributed by atoms with van der Waals surface area (Å²) in [6.07, 6.45) is 7.90. The third-order valence-electron chi connectivity index (χ3n) is 3.76. The average molecular weight is 394 g/mol. The Labute approximate surface area is 162 Å². The molecular formula is C21H31O5P. The summed E-state index contributed by atoms with van der Waals surface area (Å²) in [6.45, 7) is 5.20. The Morgan fingerprint density at radius 2 is 1.41 bits per heavy atom. The molecule has 0 aliphatic carbocycles. The minimum absolute atomic E-state index is 0.167. The molecule has 2 aromatic rings. The molecule has 0 spiro atoms. The summed E-state index contributed by atoms with van der Waals surface area (Å²) >= 11 is 0. The molecule has 2 aromatic carbocycles. The van der Waals surface area contributed by atoms with Crippen LogP contribution in [0.1, 0.15) is 51.0 Å². The number of unbranched alkanes of at least 4 members (excludes halogenated alkanes) is 5.